The molecule has 3 aromatic carbocycles. The number of carbonyl (C=O) groups excluding carboxylic acids is 3. The van der Waals surface area contributed by atoms with Gasteiger partial charge in [-0.25, -0.2) is 4.79 Å². The van der Waals surface area contributed by atoms with Crippen molar-refractivity contribution in [3.05, 3.63) is 117 Å². The number of rotatable bonds is 15. The van der Waals surface area contributed by atoms with Crippen LogP contribution in [0.1, 0.15) is 84.9 Å². The topological polar surface area (TPSA) is 99.8 Å². The molecule has 9 heteroatoms. The number of anilines is 2. The molecule has 0 fully saturated rings. The van der Waals surface area contributed by atoms with Gasteiger partial charge >= 0.3 is 5.97 Å². The second-order valence-corrected chi connectivity index (χ2v) is 13.2. The van der Waals surface area contributed by atoms with Crippen LogP contribution in [0.15, 0.2) is 72.8 Å². The van der Waals surface area contributed by atoms with E-state index in [9.17, 15) is 14.4 Å². The van der Waals surface area contributed by atoms with Crippen LogP contribution >= 0.6 is 11.3 Å². The lowest BCUT2D eigenvalue weighted by Gasteiger charge is -2.18. The molecule has 1 aromatic heterocycles. The van der Waals surface area contributed by atoms with E-state index in [1.165, 1.54) is 23.3 Å². The highest BCUT2D eigenvalue weighted by Crippen LogP contribution is 2.39. The SMILES string of the molecule is CCN(CC)CCNCc1cccc(C(=O)Nc2sc3c(c2C(=O)Nc2ccc(CCc4ccc(C(=O)OC)cc4)cc2)CCCC3)c1. The first-order valence-electron chi connectivity index (χ1n) is 16.9. The Morgan fingerprint density at radius 3 is 2.17 bits per heavy atom. The van der Waals surface area contributed by atoms with E-state index >= 15 is 0 Å². The maximum Gasteiger partial charge on any atom is 0.337 e. The summed E-state index contributed by atoms with van der Waals surface area (Å²) >= 11 is 1.53. The van der Waals surface area contributed by atoms with Crippen molar-refractivity contribution < 1.29 is 19.1 Å². The number of hydrogen-bond acceptors (Lipinski definition) is 7. The van der Waals surface area contributed by atoms with Gasteiger partial charge in [-0.1, -0.05) is 50.2 Å². The van der Waals surface area contributed by atoms with Gasteiger partial charge in [0.05, 0.1) is 18.2 Å². The summed E-state index contributed by atoms with van der Waals surface area (Å²) < 4.78 is 4.77. The Labute approximate surface area is 287 Å². The molecule has 0 saturated carbocycles. The smallest absolute Gasteiger partial charge is 0.337 e. The first kappa shape index (κ1) is 35.0. The molecule has 0 aliphatic heterocycles. The van der Waals surface area contributed by atoms with Crippen LogP contribution in [-0.4, -0.2) is 56.0 Å². The molecule has 1 aliphatic rings. The number of aryl methyl sites for hydroxylation is 3. The van der Waals surface area contributed by atoms with Crippen molar-refractivity contribution in [1.82, 2.24) is 10.2 Å². The predicted molar refractivity (Wildman–Crippen MR) is 194 cm³/mol. The number of thiophene rings is 1. The molecule has 1 heterocycles. The average Bonchev–Trinajstić information content (AvgIpc) is 3.49. The number of ether oxygens (including phenoxy) is 1. The quantitative estimate of drug-likeness (QED) is 0.0922. The van der Waals surface area contributed by atoms with Crippen molar-refractivity contribution in [1.29, 1.82) is 0 Å². The van der Waals surface area contributed by atoms with Gasteiger partial charge in [-0.05, 0) is 110 Å². The van der Waals surface area contributed by atoms with Crippen molar-refractivity contribution in [2.45, 2.75) is 58.9 Å². The monoisotopic (exact) mass is 666 g/mol. The zero-order valence-corrected chi connectivity index (χ0v) is 29.0. The van der Waals surface area contributed by atoms with E-state index in [0.717, 1.165) is 87.0 Å². The number of methoxy groups -OCH3 is 1. The van der Waals surface area contributed by atoms with Crippen LogP contribution in [0.4, 0.5) is 10.7 Å². The van der Waals surface area contributed by atoms with Gasteiger partial charge in [0, 0.05) is 35.8 Å². The highest BCUT2D eigenvalue weighted by molar-refractivity contribution is 7.17. The van der Waals surface area contributed by atoms with Gasteiger partial charge in [0.2, 0.25) is 0 Å². The van der Waals surface area contributed by atoms with Crippen LogP contribution in [-0.2, 0) is 37.0 Å². The summed E-state index contributed by atoms with van der Waals surface area (Å²) in [7, 11) is 1.38. The van der Waals surface area contributed by atoms with E-state index < -0.39 is 0 Å². The third-order valence-electron chi connectivity index (χ3n) is 8.93. The van der Waals surface area contributed by atoms with Gasteiger partial charge in [-0.3, -0.25) is 9.59 Å². The van der Waals surface area contributed by atoms with Gasteiger partial charge in [0.1, 0.15) is 5.00 Å². The lowest BCUT2D eigenvalue weighted by atomic mass is 9.95. The minimum absolute atomic E-state index is 0.200. The van der Waals surface area contributed by atoms with E-state index in [-0.39, 0.29) is 17.8 Å². The number of carbonyl (C=O) groups is 3. The van der Waals surface area contributed by atoms with Crippen LogP contribution < -0.4 is 16.0 Å². The summed E-state index contributed by atoms with van der Waals surface area (Å²) in [6, 6.07) is 23.0. The lowest BCUT2D eigenvalue weighted by molar-refractivity contribution is 0.0600. The molecule has 5 rings (SSSR count). The molecule has 4 aromatic rings. The zero-order chi connectivity index (χ0) is 33.9. The summed E-state index contributed by atoms with van der Waals surface area (Å²) in [6.45, 7) is 8.96. The summed E-state index contributed by atoms with van der Waals surface area (Å²) in [4.78, 5) is 42.5. The normalized spacial score (nSPS) is 12.4. The van der Waals surface area contributed by atoms with Crippen LogP contribution in [0.5, 0.6) is 0 Å². The Balaban J connectivity index is 1.21. The van der Waals surface area contributed by atoms with E-state index in [2.05, 4.69) is 34.7 Å². The number of likely N-dealkylation sites (N-methyl/N-ethyl adjacent to an activating group) is 1. The van der Waals surface area contributed by atoms with E-state index in [0.29, 0.717) is 33.9 Å². The summed E-state index contributed by atoms with van der Waals surface area (Å²) in [5.74, 6) is -0.752. The second-order valence-electron chi connectivity index (χ2n) is 12.1. The molecule has 0 unspecified atom stereocenters. The van der Waals surface area contributed by atoms with Gasteiger partial charge in [-0.15, -0.1) is 11.3 Å². The Morgan fingerprint density at radius 2 is 1.48 bits per heavy atom. The zero-order valence-electron chi connectivity index (χ0n) is 28.2. The van der Waals surface area contributed by atoms with Crippen molar-refractivity contribution in [2.75, 3.05) is 43.9 Å². The minimum Gasteiger partial charge on any atom is -0.465 e. The average molecular weight is 667 g/mol. The van der Waals surface area contributed by atoms with Crippen molar-refractivity contribution in [2.24, 2.45) is 0 Å². The molecular weight excluding hydrogens is 621 g/mol. The number of benzene rings is 3. The van der Waals surface area contributed by atoms with Crippen LogP contribution in [0.2, 0.25) is 0 Å². The molecule has 8 nitrogen and oxygen atoms in total. The standard InChI is InChI=1S/C39H46N4O4S/c1-4-43(5-2)24-23-40-26-29-9-8-10-31(25-29)36(44)42-38-35(33-11-6-7-12-34(33)48-38)37(45)41-32-21-17-28(18-22-32)14-13-27-15-19-30(20-16-27)39(46)47-3/h8-10,15-22,25,40H,4-7,11-14,23-24,26H2,1-3H3,(H,41,45)(H,42,44). The number of hydrogen-bond donors (Lipinski definition) is 3. The molecule has 0 spiro atoms. The van der Waals surface area contributed by atoms with Crippen LogP contribution in [0, 0.1) is 0 Å². The molecule has 0 radical (unpaired) electrons. The van der Waals surface area contributed by atoms with E-state index in [4.69, 9.17) is 4.74 Å². The first-order valence-corrected chi connectivity index (χ1v) is 17.8. The lowest BCUT2D eigenvalue weighted by Crippen LogP contribution is -2.31. The van der Waals surface area contributed by atoms with Gasteiger partial charge in [0.15, 0.2) is 0 Å². The summed E-state index contributed by atoms with van der Waals surface area (Å²) in [5, 5.41) is 10.3. The van der Waals surface area contributed by atoms with E-state index in [1.54, 1.807) is 12.1 Å². The summed E-state index contributed by atoms with van der Waals surface area (Å²) in [5.41, 5.74) is 6.78. The van der Waals surface area contributed by atoms with Crippen LogP contribution in [0.3, 0.4) is 0 Å². The maximum atomic E-state index is 13.8. The molecule has 2 amide bonds. The third-order valence-corrected chi connectivity index (χ3v) is 10.1. The Morgan fingerprint density at radius 1 is 0.792 bits per heavy atom. The number of fused-ring (bicyclic) bond motifs is 1. The van der Waals surface area contributed by atoms with Gasteiger partial charge in [-0.2, -0.15) is 0 Å². The van der Waals surface area contributed by atoms with Crippen LogP contribution in [0.25, 0.3) is 0 Å². The number of esters is 1. The van der Waals surface area contributed by atoms with Gasteiger partial charge < -0.3 is 25.6 Å². The fourth-order valence-corrected chi connectivity index (χ4v) is 7.35. The Hall–Kier alpha value is -4.31. The van der Waals surface area contributed by atoms with Crippen molar-refractivity contribution >= 4 is 39.8 Å². The largest absolute Gasteiger partial charge is 0.465 e. The maximum absolute atomic E-state index is 13.8. The molecule has 0 saturated heterocycles. The van der Waals surface area contributed by atoms with E-state index in [1.807, 2.05) is 60.7 Å². The fraction of sp³-hybridized carbons (Fsp3) is 0.359. The second kappa shape index (κ2) is 17.2. The third kappa shape index (κ3) is 9.18. The summed E-state index contributed by atoms with van der Waals surface area (Å²) in [6.07, 6.45) is 5.52. The molecule has 1 aliphatic carbocycles. The molecule has 252 valence electrons. The molecule has 48 heavy (non-hydrogen) atoms. The predicted octanol–water partition coefficient (Wildman–Crippen LogP) is 7.13. The highest BCUT2D eigenvalue weighted by Gasteiger charge is 2.27. The van der Waals surface area contributed by atoms with Crippen molar-refractivity contribution in [3.8, 4) is 0 Å². The number of nitrogens with one attached hydrogen (secondary N) is 3. The molecular formula is C39H46N4O4S. The van der Waals surface area contributed by atoms with Crippen molar-refractivity contribution in [3.63, 3.8) is 0 Å². The Bertz CT molecular complexity index is 1690. The molecule has 3 N–H and O–H groups in total. The first-order chi connectivity index (χ1) is 23.4. The molecule has 0 atom stereocenters. The highest BCUT2D eigenvalue weighted by atomic mass is 32.1. The fourth-order valence-electron chi connectivity index (χ4n) is 6.06. The number of amides is 2. The Kier molecular flexibility index (Phi) is 12.5. The molecule has 0 bridgehead atoms. The minimum atomic E-state index is -0.341. The number of nitrogens with zero attached hydrogens (tertiary/aromatic N) is 1. The van der Waals surface area contributed by atoms with Gasteiger partial charge in [0.25, 0.3) is 11.8 Å².